The molecule has 136 valence electrons. The van der Waals surface area contributed by atoms with Crippen molar-refractivity contribution in [1.82, 2.24) is 14.8 Å². The third-order valence-corrected chi connectivity index (χ3v) is 5.85. The van der Waals surface area contributed by atoms with Gasteiger partial charge in [-0.05, 0) is 56.4 Å². The number of hydrogen-bond donors (Lipinski definition) is 1. The molecule has 1 fully saturated rings. The number of anilines is 1. The summed E-state index contributed by atoms with van der Waals surface area (Å²) in [6.45, 7) is 2.91. The summed E-state index contributed by atoms with van der Waals surface area (Å²) >= 11 is 1.45. The van der Waals surface area contributed by atoms with Gasteiger partial charge in [-0.15, -0.1) is 10.2 Å². The average Bonchev–Trinajstić information content (AvgIpc) is 3.42. The number of nitrogens with zero attached hydrogens (tertiary/aromatic N) is 3. The van der Waals surface area contributed by atoms with Crippen molar-refractivity contribution in [1.29, 1.82) is 0 Å². The van der Waals surface area contributed by atoms with Crippen LogP contribution in [0.3, 0.4) is 0 Å². The van der Waals surface area contributed by atoms with Crippen LogP contribution in [0, 0.1) is 0 Å². The molecule has 2 aromatic rings. The summed E-state index contributed by atoms with van der Waals surface area (Å²) in [5.74, 6) is 2.07. The first-order valence-electron chi connectivity index (χ1n) is 9.17. The van der Waals surface area contributed by atoms with E-state index in [2.05, 4.69) is 27.0 Å². The van der Waals surface area contributed by atoms with E-state index in [1.165, 1.54) is 24.6 Å². The fourth-order valence-corrected chi connectivity index (χ4v) is 4.21. The predicted octanol–water partition coefficient (Wildman–Crippen LogP) is 3.43. The SMILES string of the molecule is CCn1c(SCC(=O)c2ccc3c(c2)CCCC(=O)N3)nnc1C1CC1. The number of carbonyl (C=O) groups is 2. The molecule has 2 heterocycles. The molecule has 7 heteroatoms. The summed E-state index contributed by atoms with van der Waals surface area (Å²) in [6.07, 6.45) is 4.54. The number of nitrogens with one attached hydrogen (secondary N) is 1. The van der Waals surface area contributed by atoms with Crippen molar-refractivity contribution >= 4 is 29.1 Å². The number of aromatic nitrogens is 3. The Labute approximate surface area is 156 Å². The number of hydrogen-bond acceptors (Lipinski definition) is 5. The number of thioether (sulfide) groups is 1. The highest BCUT2D eigenvalue weighted by atomic mass is 32.2. The second-order valence-electron chi connectivity index (χ2n) is 6.84. The van der Waals surface area contributed by atoms with Crippen LogP contribution < -0.4 is 5.32 Å². The molecule has 1 amide bonds. The van der Waals surface area contributed by atoms with E-state index in [1.54, 1.807) is 6.07 Å². The minimum Gasteiger partial charge on any atom is -0.326 e. The van der Waals surface area contributed by atoms with Gasteiger partial charge in [-0.1, -0.05) is 11.8 Å². The number of benzene rings is 1. The van der Waals surface area contributed by atoms with Crippen LogP contribution in [0.2, 0.25) is 0 Å². The zero-order valence-corrected chi connectivity index (χ0v) is 15.6. The van der Waals surface area contributed by atoms with Crippen LogP contribution in [0.15, 0.2) is 23.4 Å². The third-order valence-electron chi connectivity index (χ3n) is 4.89. The topological polar surface area (TPSA) is 76.9 Å². The summed E-state index contributed by atoms with van der Waals surface area (Å²) < 4.78 is 2.13. The third kappa shape index (κ3) is 3.53. The highest BCUT2D eigenvalue weighted by molar-refractivity contribution is 7.99. The molecule has 4 rings (SSSR count). The lowest BCUT2D eigenvalue weighted by Crippen LogP contribution is -2.10. The van der Waals surface area contributed by atoms with Crippen LogP contribution in [0.4, 0.5) is 5.69 Å². The quantitative estimate of drug-likeness (QED) is 0.623. The maximum Gasteiger partial charge on any atom is 0.224 e. The fraction of sp³-hybridized carbons (Fsp3) is 0.474. The van der Waals surface area contributed by atoms with E-state index in [9.17, 15) is 9.59 Å². The van der Waals surface area contributed by atoms with E-state index in [-0.39, 0.29) is 11.7 Å². The molecule has 2 aliphatic rings. The minimum atomic E-state index is 0.0451. The fourth-order valence-electron chi connectivity index (χ4n) is 3.31. The lowest BCUT2D eigenvalue weighted by Gasteiger charge is -2.09. The van der Waals surface area contributed by atoms with E-state index in [1.807, 2.05) is 12.1 Å². The molecular formula is C19H22N4O2S. The van der Waals surface area contributed by atoms with Crippen molar-refractivity contribution in [2.45, 2.75) is 56.6 Å². The van der Waals surface area contributed by atoms with Crippen molar-refractivity contribution in [2.75, 3.05) is 11.1 Å². The van der Waals surface area contributed by atoms with Gasteiger partial charge >= 0.3 is 0 Å². The Kier molecular flexibility index (Phi) is 4.80. The molecule has 26 heavy (non-hydrogen) atoms. The Hall–Kier alpha value is -2.15. The summed E-state index contributed by atoms with van der Waals surface area (Å²) in [6, 6.07) is 5.56. The van der Waals surface area contributed by atoms with Crippen LogP contribution in [0.5, 0.6) is 0 Å². The lowest BCUT2D eigenvalue weighted by molar-refractivity contribution is -0.116. The van der Waals surface area contributed by atoms with Crippen LogP contribution in [-0.2, 0) is 17.8 Å². The molecule has 1 aliphatic heterocycles. The number of Topliss-reactive ketones (excluding diaryl/α,β-unsaturated/α-hetero) is 1. The van der Waals surface area contributed by atoms with Gasteiger partial charge in [0.15, 0.2) is 10.9 Å². The van der Waals surface area contributed by atoms with Gasteiger partial charge in [0.25, 0.3) is 0 Å². The van der Waals surface area contributed by atoms with E-state index in [0.717, 1.165) is 41.6 Å². The van der Waals surface area contributed by atoms with Gasteiger partial charge in [0.05, 0.1) is 5.75 Å². The molecule has 6 nitrogen and oxygen atoms in total. The van der Waals surface area contributed by atoms with Gasteiger partial charge in [0.2, 0.25) is 5.91 Å². The first-order chi connectivity index (χ1) is 12.7. The van der Waals surface area contributed by atoms with E-state index < -0.39 is 0 Å². The largest absolute Gasteiger partial charge is 0.326 e. The first-order valence-corrected chi connectivity index (χ1v) is 10.2. The summed E-state index contributed by atoms with van der Waals surface area (Å²) in [4.78, 5) is 24.3. The van der Waals surface area contributed by atoms with Crippen LogP contribution >= 0.6 is 11.8 Å². The highest BCUT2D eigenvalue weighted by Crippen LogP contribution is 2.40. The van der Waals surface area contributed by atoms with Gasteiger partial charge in [-0.3, -0.25) is 9.59 Å². The first kappa shape index (κ1) is 17.3. The van der Waals surface area contributed by atoms with Crippen molar-refractivity contribution in [3.8, 4) is 0 Å². The molecule has 1 aromatic carbocycles. The molecule has 0 spiro atoms. The summed E-state index contributed by atoms with van der Waals surface area (Å²) in [7, 11) is 0. The normalized spacial score (nSPS) is 16.7. The van der Waals surface area contributed by atoms with E-state index in [0.29, 0.717) is 23.7 Å². The molecule has 0 unspecified atom stereocenters. The number of aryl methyl sites for hydroxylation is 1. The van der Waals surface area contributed by atoms with Crippen LogP contribution in [0.1, 0.15) is 60.3 Å². The molecular weight excluding hydrogens is 348 g/mol. The molecule has 1 aromatic heterocycles. The number of amides is 1. The minimum absolute atomic E-state index is 0.0451. The predicted molar refractivity (Wildman–Crippen MR) is 101 cm³/mol. The monoisotopic (exact) mass is 370 g/mol. The standard InChI is InChI=1S/C19H22N4O2S/c1-2-23-18(12-6-7-12)21-22-19(23)26-11-16(24)14-8-9-15-13(10-14)4-3-5-17(25)20-15/h8-10,12H,2-7,11H2,1H3,(H,20,25). The molecule has 0 radical (unpaired) electrons. The average molecular weight is 370 g/mol. The molecule has 1 saturated carbocycles. The Morgan fingerprint density at radius 1 is 1.31 bits per heavy atom. The van der Waals surface area contributed by atoms with Gasteiger partial charge in [0.1, 0.15) is 5.82 Å². The van der Waals surface area contributed by atoms with Crippen molar-refractivity contribution in [3.63, 3.8) is 0 Å². The Balaban J connectivity index is 1.45. The molecule has 0 atom stereocenters. The lowest BCUT2D eigenvalue weighted by atomic mass is 10.0. The number of rotatable bonds is 6. The van der Waals surface area contributed by atoms with Crippen molar-refractivity contribution < 1.29 is 9.59 Å². The van der Waals surface area contributed by atoms with E-state index in [4.69, 9.17) is 0 Å². The molecule has 1 aliphatic carbocycles. The Morgan fingerprint density at radius 2 is 2.15 bits per heavy atom. The molecule has 0 bridgehead atoms. The van der Waals surface area contributed by atoms with Gasteiger partial charge in [0, 0.05) is 30.1 Å². The maximum absolute atomic E-state index is 12.6. The Morgan fingerprint density at radius 3 is 2.92 bits per heavy atom. The van der Waals surface area contributed by atoms with Gasteiger partial charge in [-0.2, -0.15) is 0 Å². The second-order valence-corrected chi connectivity index (χ2v) is 7.79. The number of ketones is 1. The van der Waals surface area contributed by atoms with Crippen molar-refractivity contribution in [2.24, 2.45) is 0 Å². The van der Waals surface area contributed by atoms with Crippen molar-refractivity contribution in [3.05, 3.63) is 35.2 Å². The molecule has 1 N–H and O–H groups in total. The zero-order chi connectivity index (χ0) is 18.1. The van der Waals surface area contributed by atoms with Gasteiger partial charge in [-0.25, -0.2) is 0 Å². The van der Waals surface area contributed by atoms with Gasteiger partial charge < -0.3 is 9.88 Å². The van der Waals surface area contributed by atoms with Crippen LogP contribution in [-0.4, -0.2) is 32.2 Å². The Bertz CT molecular complexity index is 857. The second kappa shape index (κ2) is 7.23. The number of carbonyl (C=O) groups excluding carboxylic acids is 2. The number of fused-ring (bicyclic) bond motifs is 1. The van der Waals surface area contributed by atoms with E-state index >= 15 is 0 Å². The smallest absolute Gasteiger partial charge is 0.224 e. The summed E-state index contributed by atoms with van der Waals surface area (Å²) in [5.41, 5.74) is 2.56. The highest BCUT2D eigenvalue weighted by Gasteiger charge is 2.30. The van der Waals surface area contributed by atoms with Crippen LogP contribution in [0.25, 0.3) is 0 Å². The molecule has 0 saturated heterocycles. The zero-order valence-electron chi connectivity index (χ0n) is 14.8. The summed E-state index contributed by atoms with van der Waals surface area (Å²) in [5, 5.41) is 12.3. The maximum atomic E-state index is 12.6.